The van der Waals surface area contributed by atoms with Gasteiger partial charge in [-0.3, -0.25) is 5.41 Å². The summed E-state index contributed by atoms with van der Waals surface area (Å²) in [6.07, 6.45) is 1.56. The van der Waals surface area contributed by atoms with E-state index in [-0.39, 0.29) is 28.0 Å². The lowest BCUT2D eigenvalue weighted by molar-refractivity contribution is 0.324. The third-order valence-electron chi connectivity index (χ3n) is 4.08. The zero-order valence-electron chi connectivity index (χ0n) is 14.1. The molecule has 0 radical (unpaired) electrons. The van der Waals surface area contributed by atoms with Crippen LogP contribution in [-0.4, -0.2) is 68.9 Å². The van der Waals surface area contributed by atoms with Crippen molar-refractivity contribution in [3.63, 3.8) is 0 Å². The fourth-order valence-corrected chi connectivity index (χ4v) is 6.64. The van der Waals surface area contributed by atoms with Crippen LogP contribution in [0.4, 0.5) is 0 Å². The first-order chi connectivity index (χ1) is 11.9. The summed E-state index contributed by atoms with van der Waals surface area (Å²) in [6.45, 7) is 0. The molecule has 0 spiro atoms. The lowest BCUT2D eigenvalue weighted by Gasteiger charge is -2.17. The molecule has 8 nitrogen and oxygen atoms in total. The molecule has 2 atom stereocenters. The van der Waals surface area contributed by atoms with E-state index in [1.54, 1.807) is 18.3 Å². The van der Waals surface area contributed by atoms with Crippen molar-refractivity contribution in [3.8, 4) is 17.2 Å². The van der Waals surface area contributed by atoms with Crippen LogP contribution in [0.3, 0.4) is 0 Å². The maximum Gasteiger partial charge on any atom is 0.203 e. The Kier molecular flexibility index (Phi) is 4.83. The van der Waals surface area contributed by atoms with Gasteiger partial charge in [-0.05, 0) is 12.1 Å². The van der Waals surface area contributed by atoms with E-state index in [0.29, 0.717) is 22.8 Å². The highest BCUT2D eigenvalue weighted by Gasteiger charge is 2.48. The first-order valence-corrected chi connectivity index (χ1v) is 10.2. The van der Waals surface area contributed by atoms with Gasteiger partial charge in [0.05, 0.1) is 45.1 Å². The van der Waals surface area contributed by atoms with Crippen molar-refractivity contribution in [1.82, 2.24) is 5.01 Å². The number of hydrogen-bond acceptors (Lipinski definition) is 8. The average Bonchev–Trinajstić information content (AvgIpc) is 3.01. The Labute approximate surface area is 150 Å². The van der Waals surface area contributed by atoms with Gasteiger partial charge >= 0.3 is 0 Å². The molecule has 1 aromatic rings. The molecule has 0 amide bonds. The van der Waals surface area contributed by atoms with Crippen LogP contribution in [0.2, 0.25) is 0 Å². The van der Waals surface area contributed by atoms with Crippen LogP contribution in [0.1, 0.15) is 5.56 Å². The number of nitrogens with zero attached hydrogens (tertiary/aromatic N) is 2. The normalized spacial score (nSPS) is 24.6. The van der Waals surface area contributed by atoms with E-state index < -0.39 is 9.84 Å². The Morgan fingerprint density at radius 1 is 1.20 bits per heavy atom. The number of fused-ring (bicyclic) bond motifs is 1. The maximum absolute atomic E-state index is 11.8. The van der Waals surface area contributed by atoms with Crippen LogP contribution >= 0.6 is 11.8 Å². The Morgan fingerprint density at radius 2 is 1.84 bits per heavy atom. The quantitative estimate of drug-likeness (QED) is 0.760. The number of methoxy groups -OCH3 is 3. The van der Waals surface area contributed by atoms with Gasteiger partial charge in [0.25, 0.3) is 0 Å². The van der Waals surface area contributed by atoms with Crippen LogP contribution in [0.25, 0.3) is 0 Å². The van der Waals surface area contributed by atoms with Crippen LogP contribution in [0.15, 0.2) is 17.2 Å². The van der Waals surface area contributed by atoms with Gasteiger partial charge < -0.3 is 14.2 Å². The number of benzene rings is 1. The molecule has 3 rings (SSSR count). The SMILES string of the molecule is COc1cc(C=NN2C(=N)SC3CS(=O)(=O)CC32)cc(OC)c1OC. The number of sulfone groups is 1. The number of hydrazone groups is 1. The van der Waals surface area contributed by atoms with Gasteiger partial charge in [-0.1, -0.05) is 11.8 Å². The van der Waals surface area contributed by atoms with Crippen molar-refractivity contribution in [2.75, 3.05) is 32.8 Å². The maximum atomic E-state index is 11.8. The van der Waals surface area contributed by atoms with E-state index in [2.05, 4.69) is 5.10 Å². The van der Waals surface area contributed by atoms with Gasteiger partial charge in [-0.2, -0.15) is 5.10 Å². The summed E-state index contributed by atoms with van der Waals surface area (Å²) in [4.78, 5) is 0. The first kappa shape index (κ1) is 17.9. The molecule has 136 valence electrons. The van der Waals surface area contributed by atoms with Gasteiger partial charge in [0, 0.05) is 10.8 Å². The van der Waals surface area contributed by atoms with Crippen molar-refractivity contribution in [1.29, 1.82) is 5.41 Å². The number of hydrogen-bond donors (Lipinski definition) is 1. The second-order valence-electron chi connectivity index (χ2n) is 5.65. The minimum Gasteiger partial charge on any atom is -0.493 e. The van der Waals surface area contributed by atoms with E-state index in [0.717, 1.165) is 0 Å². The number of nitrogens with one attached hydrogen (secondary N) is 1. The molecule has 10 heteroatoms. The molecule has 2 heterocycles. The molecule has 2 unspecified atom stereocenters. The summed E-state index contributed by atoms with van der Waals surface area (Å²) in [5, 5.41) is 14.0. The lowest BCUT2D eigenvalue weighted by Crippen LogP contribution is -2.32. The fourth-order valence-electron chi connectivity index (χ4n) is 2.93. The highest BCUT2D eigenvalue weighted by molar-refractivity contribution is 8.15. The molecule has 0 bridgehead atoms. The molecule has 1 aromatic carbocycles. The molecule has 25 heavy (non-hydrogen) atoms. The van der Waals surface area contributed by atoms with Crippen LogP contribution < -0.4 is 14.2 Å². The van der Waals surface area contributed by atoms with Gasteiger partial charge in [0.15, 0.2) is 26.5 Å². The van der Waals surface area contributed by atoms with E-state index in [9.17, 15) is 8.42 Å². The van der Waals surface area contributed by atoms with Gasteiger partial charge in [0.1, 0.15) is 0 Å². The van der Waals surface area contributed by atoms with E-state index >= 15 is 0 Å². The van der Waals surface area contributed by atoms with Crippen LogP contribution in [0, 0.1) is 5.41 Å². The molecule has 2 aliphatic rings. The first-order valence-electron chi connectivity index (χ1n) is 7.47. The number of rotatable bonds is 5. The molecule has 2 aliphatic heterocycles. The second-order valence-corrected chi connectivity index (χ2v) is 9.04. The zero-order valence-corrected chi connectivity index (χ0v) is 15.7. The highest BCUT2D eigenvalue weighted by atomic mass is 32.2. The number of thioether (sulfide) groups is 1. The summed E-state index contributed by atoms with van der Waals surface area (Å²) >= 11 is 1.25. The summed E-state index contributed by atoms with van der Waals surface area (Å²) in [5.41, 5.74) is 0.691. The number of amidine groups is 1. The van der Waals surface area contributed by atoms with Crippen molar-refractivity contribution >= 4 is 33.0 Å². The van der Waals surface area contributed by atoms with Crippen molar-refractivity contribution in [2.24, 2.45) is 5.10 Å². The van der Waals surface area contributed by atoms with E-state index in [1.165, 1.54) is 38.1 Å². The summed E-state index contributed by atoms with van der Waals surface area (Å²) < 4.78 is 39.5. The van der Waals surface area contributed by atoms with Crippen molar-refractivity contribution < 1.29 is 22.6 Å². The molecule has 0 aromatic heterocycles. The van der Waals surface area contributed by atoms with Gasteiger partial charge in [0.2, 0.25) is 5.75 Å². The topological polar surface area (TPSA) is 101 Å². The fraction of sp³-hybridized carbons (Fsp3) is 0.467. The van der Waals surface area contributed by atoms with Crippen LogP contribution in [-0.2, 0) is 9.84 Å². The zero-order chi connectivity index (χ0) is 18.2. The molecule has 0 aliphatic carbocycles. The summed E-state index contributed by atoms with van der Waals surface area (Å²) in [5.74, 6) is 1.60. The van der Waals surface area contributed by atoms with Gasteiger partial charge in [-0.15, -0.1) is 0 Å². The molecule has 1 N–H and O–H groups in total. The van der Waals surface area contributed by atoms with E-state index in [4.69, 9.17) is 19.6 Å². The third-order valence-corrected chi connectivity index (χ3v) is 7.20. The minimum absolute atomic E-state index is 0.0274. The molecular formula is C15H19N3O5S2. The summed E-state index contributed by atoms with van der Waals surface area (Å²) in [6, 6.07) is 3.18. The Balaban J connectivity index is 1.88. The number of ether oxygens (including phenoxy) is 3. The molecule has 2 saturated heterocycles. The van der Waals surface area contributed by atoms with E-state index in [1.807, 2.05) is 0 Å². The monoisotopic (exact) mass is 385 g/mol. The van der Waals surface area contributed by atoms with Crippen molar-refractivity contribution in [2.45, 2.75) is 11.3 Å². The highest BCUT2D eigenvalue weighted by Crippen LogP contribution is 2.39. The smallest absolute Gasteiger partial charge is 0.203 e. The summed E-state index contributed by atoms with van der Waals surface area (Å²) in [7, 11) is 1.51. The van der Waals surface area contributed by atoms with Crippen LogP contribution in [0.5, 0.6) is 17.2 Å². The largest absolute Gasteiger partial charge is 0.493 e. The molecule has 0 saturated carbocycles. The molecular weight excluding hydrogens is 366 g/mol. The average molecular weight is 385 g/mol. The van der Waals surface area contributed by atoms with Crippen molar-refractivity contribution in [3.05, 3.63) is 17.7 Å². The molecule has 2 fully saturated rings. The second kappa shape index (κ2) is 6.75. The third kappa shape index (κ3) is 3.40. The standard InChI is InChI=1S/C15H19N3O5S2/c1-21-11-4-9(5-12(22-2)14(11)23-3)6-17-18-10-7-25(19,20)8-13(10)24-15(18)16/h4-6,10,13,16H,7-8H2,1-3H3. The Hall–Kier alpha value is -1.94. The lowest BCUT2D eigenvalue weighted by atomic mass is 10.2. The predicted octanol–water partition coefficient (Wildman–Crippen LogP) is 1.20. The Morgan fingerprint density at radius 3 is 2.40 bits per heavy atom. The minimum atomic E-state index is -3.06. The van der Waals surface area contributed by atoms with Gasteiger partial charge in [-0.25, -0.2) is 13.4 Å². The Bertz CT molecular complexity index is 799. The predicted molar refractivity (Wildman–Crippen MR) is 97.1 cm³/mol.